The molecule has 3 nitrogen and oxygen atoms in total. The summed E-state index contributed by atoms with van der Waals surface area (Å²) >= 11 is 0. The van der Waals surface area contributed by atoms with Crippen LogP contribution in [-0.4, -0.2) is 17.9 Å². The molecule has 0 aliphatic heterocycles. The number of pyridine rings is 1. The van der Waals surface area contributed by atoms with E-state index in [1.165, 1.54) is 0 Å². The maximum absolute atomic E-state index is 12.4. The Morgan fingerprint density at radius 1 is 1.15 bits per heavy atom. The van der Waals surface area contributed by atoms with Crippen LogP contribution in [0, 0.1) is 13.8 Å². The van der Waals surface area contributed by atoms with Gasteiger partial charge in [0.25, 0.3) is 0 Å². The minimum atomic E-state index is 0.113. The Labute approximate surface area is 119 Å². The first-order chi connectivity index (χ1) is 9.63. The molecule has 0 aliphatic rings. The summed E-state index contributed by atoms with van der Waals surface area (Å²) in [5.41, 5.74) is 3.95. The summed E-state index contributed by atoms with van der Waals surface area (Å²) in [5.74, 6) is 0.812. The summed E-state index contributed by atoms with van der Waals surface area (Å²) in [6, 6.07) is 7.70. The third-order valence-corrected chi connectivity index (χ3v) is 3.57. The number of methoxy groups -OCH3 is 1. The zero-order chi connectivity index (χ0) is 14.5. The molecule has 2 rings (SSSR count). The summed E-state index contributed by atoms with van der Waals surface area (Å²) in [6.07, 6.45) is 4.69. The highest BCUT2D eigenvalue weighted by atomic mass is 16.5. The van der Waals surface area contributed by atoms with Crippen molar-refractivity contribution < 1.29 is 9.53 Å². The van der Waals surface area contributed by atoms with Crippen molar-refractivity contribution in [2.45, 2.75) is 26.7 Å². The summed E-state index contributed by atoms with van der Waals surface area (Å²) < 4.78 is 5.40. The molecule has 0 bridgehead atoms. The molecule has 0 saturated carbocycles. The van der Waals surface area contributed by atoms with E-state index in [-0.39, 0.29) is 5.78 Å². The van der Waals surface area contributed by atoms with Crippen LogP contribution in [0.15, 0.2) is 36.7 Å². The molecule has 1 heterocycles. The first-order valence-electron chi connectivity index (χ1n) is 6.69. The van der Waals surface area contributed by atoms with Gasteiger partial charge in [-0.25, -0.2) is 0 Å². The highest BCUT2D eigenvalue weighted by molar-refractivity contribution is 5.99. The third kappa shape index (κ3) is 3.05. The molecule has 0 fully saturated rings. The van der Waals surface area contributed by atoms with Crippen molar-refractivity contribution in [1.82, 2.24) is 4.98 Å². The van der Waals surface area contributed by atoms with Gasteiger partial charge in [-0.3, -0.25) is 9.78 Å². The molecule has 2 aromatic rings. The molecule has 0 amide bonds. The molecular weight excluding hydrogens is 250 g/mol. The van der Waals surface area contributed by atoms with Crippen molar-refractivity contribution in [2.24, 2.45) is 0 Å². The minimum absolute atomic E-state index is 0.113. The van der Waals surface area contributed by atoms with Crippen LogP contribution in [0.5, 0.6) is 5.75 Å². The van der Waals surface area contributed by atoms with Gasteiger partial charge < -0.3 is 4.74 Å². The second-order valence-corrected chi connectivity index (χ2v) is 4.87. The van der Waals surface area contributed by atoms with E-state index < -0.39 is 0 Å². The van der Waals surface area contributed by atoms with Gasteiger partial charge in [-0.15, -0.1) is 0 Å². The van der Waals surface area contributed by atoms with Gasteiger partial charge in [0.05, 0.1) is 12.7 Å². The van der Waals surface area contributed by atoms with Gasteiger partial charge in [0, 0.05) is 18.8 Å². The molecule has 0 saturated heterocycles. The topological polar surface area (TPSA) is 39.2 Å². The Balaban J connectivity index is 2.16. The van der Waals surface area contributed by atoms with Gasteiger partial charge in [0.15, 0.2) is 5.78 Å². The summed E-state index contributed by atoms with van der Waals surface area (Å²) in [6.45, 7) is 4.00. The molecule has 1 aromatic carbocycles. The van der Waals surface area contributed by atoms with Crippen molar-refractivity contribution in [2.75, 3.05) is 7.11 Å². The fourth-order valence-electron chi connectivity index (χ4n) is 2.21. The standard InChI is InChI=1S/C17H19NO2/c1-12-4-6-15(17(20-3)13(12)2)16(19)7-5-14-8-10-18-11-9-14/h4,6,8-11H,5,7H2,1-3H3. The maximum Gasteiger partial charge on any atom is 0.166 e. The number of hydrogen-bond acceptors (Lipinski definition) is 3. The Hall–Kier alpha value is -2.16. The minimum Gasteiger partial charge on any atom is -0.496 e. The van der Waals surface area contributed by atoms with Gasteiger partial charge in [0.1, 0.15) is 5.75 Å². The fraction of sp³-hybridized carbons (Fsp3) is 0.294. The average molecular weight is 269 g/mol. The van der Waals surface area contributed by atoms with E-state index in [0.29, 0.717) is 17.7 Å². The number of ether oxygens (including phenoxy) is 1. The molecule has 0 atom stereocenters. The van der Waals surface area contributed by atoms with Gasteiger partial charge in [-0.2, -0.15) is 0 Å². The van der Waals surface area contributed by atoms with E-state index >= 15 is 0 Å². The van der Waals surface area contributed by atoms with Crippen LogP contribution in [0.2, 0.25) is 0 Å². The Kier molecular flexibility index (Phi) is 4.51. The monoisotopic (exact) mass is 269 g/mol. The zero-order valence-electron chi connectivity index (χ0n) is 12.1. The molecule has 0 N–H and O–H groups in total. The van der Waals surface area contributed by atoms with E-state index in [0.717, 1.165) is 23.1 Å². The summed E-state index contributed by atoms with van der Waals surface area (Å²) in [5, 5.41) is 0. The average Bonchev–Trinajstić information content (AvgIpc) is 2.48. The van der Waals surface area contributed by atoms with E-state index in [4.69, 9.17) is 4.74 Å². The first kappa shape index (κ1) is 14.3. The SMILES string of the molecule is COc1c(C(=O)CCc2ccncc2)ccc(C)c1C. The second-order valence-electron chi connectivity index (χ2n) is 4.87. The lowest BCUT2D eigenvalue weighted by molar-refractivity contribution is 0.0979. The van der Waals surface area contributed by atoms with E-state index in [9.17, 15) is 4.79 Å². The molecule has 0 aliphatic carbocycles. The zero-order valence-corrected chi connectivity index (χ0v) is 12.1. The van der Waals surface area contributed by atoms with E-state index in [1.54, 1.807) is 19.5 Å². The summed E-state index contributed by atoms with van der Waals surface area (Å²) in [4.78, 5) is 16.3. The highest BCUT2D eigenvalue weighted by Gasteiger charge is 2.15. The molecule has 3 heteroatoms. The lowest BCUT2D eigenvalue weighted by Gasteiger charge is -2.12. The molecule has 1 aromatic heterocycles. The lowest BCUT2D eigenvalue weighted by atomic mass is 9.98. The fourth-order valence-corrected chi connectivity index (χ4v) is 2.21. The van der Waals surface area contributed by atoms with Crippen molar-refractivity contribution in [3.63, 3.8) is 0 Å². The van der Waals surface area contributed by atoms with Crippen LogP contribution in [0.25, 0.3) is 0 Å². The van der Waals surface area contributed by atoms with Crippen molar-refractivity contribution in [3.8, 4) is 5.75 Å². The first-order valence-corrected chi connectivity index (χ1v) is 6.69. The molecule has 0 unspecified atom stereocenters. The number of carbonyl (C=O) groups is 1. The highest BCUT2D eigenvalue weighted by Crippen LogP contribution is 2.27. The number of aromatic nitrogens is 1. The van der Waals surface area contributed by atoms with Crippen molar-refractivity contribution >= 4 is 5.78 Å². The van der Waals surface area contributed by atoms with E-state index in [1.807, 2.05) is 38.1 Å². The van der Waals surface area contributed by atoms with Crippen LogP contribution in [0.4, 0.5) is 0 Å². The Morgan fingerprint density at radius 3 is 2.50 bits per heavy atom. The molecule has 20 heavy (non-hydrogen) atoms. The van der Waals surface area contributed by atoms with Crippen LogP contribution >= 0.6 is 0 Å². The Bertz CT molecular complexity index is 606. The van der Waals surface area contributed by atoms with Crippen LogP contribution < -0.4 is 4.74 Å². The quantitative estimate of drug-likeness (QED) is 0.780. The maximum atomic E-state index is 12.4. The van der Waals surface area contributed by atoms with Crippen molar-refractivity contribution in [3.05, 3.63) is 58.9 Å². The number of aryl methyl sites for hydroxylation is 2. The third-order valence-electron chi connectivity index (χ3n) is 3.57. The number of nitrogens with zero attached hydrogens (tertiary/aromatic N) is 1. The predicted molar refractivity (Wildman–Crippen MR) is 79.4 cm³/mol. The number of hydrogen-bond donors (Lipinski definition) is 0. The normalized spacial score (nSPS) is 10.3. The van der Waals surface area contributed by atoms with Gasteiger partial charge in [-0.05, 0) is 55.2 Å². The summed E-state index contributed by atoms with van der Waals surface area (Å²) in [7, 11) is 1.61. The van der Waals surface area contributed by atoms with Crippen LogP contribution in [0.3, 0.4) is 0 Å². The smallest absolute Gasteiger partial charge is 0.166 e. The van der Waals surface area contributed by atoms with Gasteiger partial charge >= 0.3 is 0 Å². The van der Waals surface area contributed by atoms with Crippen LogP contribution in [-0.2, 0) is 6.42 Å². The predicted octanol–water partition coefficient (Wildman–Crippen LogP) is 3.52. The van der Waals surface area contributed by atoms with Gasteiger partial charge in [0.2, 0.25) is 0 Å². The number of Topliss-reactive ketones (excluding diaryl/α,β-unsaturated/α-hetero) is 1. The molecule has 104 valence electrons. The van der Waals surface area contributed by atoms with Crippen LogP contribution in [0.1, 0.15) is 33.5 Å². The lowest BCUT2D eigenvalue weighted by Crippen LogP contribution is -2.06. The number of rotatable bonds is 5. The number of benzene rings is 1. The second kappa shape index (κ2) is 6.33. The van der Waals surface area contributed by atoms with Gasteiger partial charge in [-0.1, -0.05) is 6.07 Å². The van der Waals surface area contributed by atoms with E-state index in [2.05, 4.69) is 4.98 Å². The molecule has 0 radical (unpaired) electrons. The molecule has 0 spiro atoms. The molecular formula is C17H19NO2. The van der Waals surface area contributed by atoms with Crippen molar-refractivity contribution in [1.29, 1.82) is 0 Å². The largest absolute Gasteiger partial charge is 0.496 e. The number of carbonyl (C=O) groups excluding carboxylic acids is 1. The number of ketones is 1. The Morgan fingerprint density at radius 2 is 1.85 bits per heavy atom.